The smallest absolute Gasteiger partial charge is 0.338 e. The highest BCUT2D eigenvalue weighted by Crippen LogP contribution is 2.12. The van der Waals surface area contributed by atoms with E-state index in [1.807, 2.05) is 12.1 Å². The van der Waals surface area contributed by atoms with Gasteiger partial charge in [0.2, 0.25) is 5.91 Å². The maximum Gasteiger partial charge on any atom is 0.338 e. The van der Waals surface area contributed by atoms with Gasteiger partial charge in [-0.3, -0.25) is 4.79 Å². The summed E-state index contributed by atoms with van der Waals surface area (Å²) in [6.07, 6.45) is 1.79. The van der Waals surface area contributed by atoms with Crippen LogP contribution in [0.25, 0.3) is 0 Å². The van der Waals surface area contributed by atoms with Gasteiger partial charge in [0, 0.05) is 12.5 Å². The number of halogens is 1. The summed E-state index contributed by atoms with van der Waals surface area (Å²) in [5.74, 6) is -0.0844. The lowest BCUT2D eigenvalue weighted by atomic mass is 9.97. The monoisotopic (exact) mass is 326 g/mol. The average molecular weight is 327 g/mol. The van der Waals surface area contributed by atoms with Crippen molar-refractivity contribution in [1.82, 2.24) is 10.6 Å². The number of esters is 1. The zero-order chi connectivity index (χ0) is 15.1. The second-order valence-corrected chi connectivity index (χ2v) is 5.16. The van der Waals surface area contributed by atoms with Crippen LogP contribution in [0.5, 0.6) is 0 Å². The summed E-state index contributed by atoms with van der Waals surface area (Å²) >= 11 is 0. The third-order valence-electron chi connectivity index (χ3n) is 3.64. The topological polar surface area (TPSA) is 67.4 Å². The summed E-state index contributed by atoms with van der Waals surface area (Å²) in [7, 11) is 0. The van der Waals surface area contributed by atoms with E-state index in [2.05, 4.69) is 10.6 Å². The standard InChI is InChI=1S/C16H22N2O3.ClH/c1-2-21-16(20)14-5-3-12(4-6-14)11-18-15(19)13-7-9-17-10-8-13;/h3-6,13,17H,2,7-11H2,1H3,(H,18,19);1H. The van der Waals surface area contributed by atoms with Crippen LogP contribution in [0, 0.1) is 5.92 Å². The Bertz CT molecular complexity index is 485. The SMILES string of the molecule is CCOC(=O)c1ccc(CNC(=O)C2CCNCC2)cc1.Cl. The quantitative estimate of drug-likeness (QED) is 0.811. The van der Waals surface area contributed by atoms with Crippen LogP contribution >= 0.6 is 12.4 Å². The predicted octanol–water partition coefficient (Wildman–Crippen LogP) is 1.90. The second kappa shape index (κ2) is 9.43. The van der Waals surface area contributed by atoms with Gasteiger partial charge in [-0.05, 0) is 50.6 Å². The third kappa shape index (κ3) is 5.31. The molecule has 1 fully saturated rings. The van der Waals surface area contributed by atoms with Crippen LogP contribution in [-0.4, -0.2) is 31.6 Å². The molecule has 0 radical (unpaired) electrons. The van der Waals surface area contributed by atoms with Crippen molar-refractivity contribution in [2.75, 3.05) is 19.7 Å². The molecule has 6 heteroatoms. The van der Waals surface area contributed by atoms with Crippen molar-refractivity contribution >= 4 is 24.3 Å². The first-order valence-corrected chi connectivity index (χ1v) is 7.45. The molecule has 5 nitrogen and oxygen atoms in total. The number of hydrogen-bond donors (Lipinski definition) is 2. The van der Waals surface area contributed by atoms with Gasteiger partial charge in [0.05, 0.1) is 12.2 Å². The summed E-state index contributed by atoms with van der Waals surface area (Å²) < 4.78 is 4.93. The molecular weight excluding hydrogens is 304 g/mol. The summed E-state index contributed by atoms with van der Waals surface area (Å²) in [6.45, 7) is 4.46. The Labute approximate surface area is 137 Å². The van der Waals surface area contributed by atoms with Gasteiger partial charge < -0.3 is 15.4 Å². The fourth-order valence-electron chi connectivity index (χ4n) is 2.39. The summed E-state index contributed by atoms with van der Waals surface area (Å²) in [6, 6.07) is 7.14. The molecule has 1 aromatic rings. The molecule has 2 N–H and O–H groups in total. The van der Waals surface area contributed by atoms with Crippen LogP contribution in [0.3, 0.4) is 0 Å². The Kier molecular flexibility index (Phi) is 7.91. The number of amides is 1. The van der Waals surface area contributed by atoms with Gasteiger partial charge in [-0.2, -0.15) is 0 Å². The molecule has 1 heterocycles. The van der Waals surface area contributed by atoms with Gasteiger partial charge >= 0.3 is 5.97 Å². The lowest BCUT2D eigenvalue weighted by molar-refractivity contribution is -0.125. The normalized spacial score (nSPS) is 14.8. The summed E-state index contributed by atoms with van der Waals surface area (Å²) in [5.41, 5.74) is 1.51. The zero-order valence-electron chi connectivity index (χ0n) is 12.8. The molecule has 0 saturated carbocycles. The molecule has 122 valence electrons. The summed E-state index contributed by atoms with van der Waals surface area (Å²) in [4.78, 5) is 23.5. The van der Waals surface area contributed by atoms with Gasteiger partial charge in [0.15, 0.2) is 0 Å². The van der Waals surface area contributed by atoms with E-state index in [-0.39, 0.29) is 30.2 Å². The van der Waals surface area contributed by atoms with Crippen LogP contribution in [0.2, 0.25) is 0 Å². The van der Waals surface area contributed by atoms with Crippen molar-refractivity contribution in [2.45, 2.75) is 26.3 Å². The first-order valence-electron chi connectivity index (χ1n) is 7.45. The van der Waals surface area contributed by atoms with E-state index in [0.717, 1.165) is 31.5 Å². The largest absolute Gasteiger partial charge is 0.462 e. The number of carbonyl (C=O) groups excluding carboxylic acids is 2. The van der Waals surface area contributed by atoms with Crippen LogP contribution in [-0.2, 0) is 16.1 Å². The fraction of sp³-hybridized carbons (Fsp3) is 0.500. The summed E-state index contributed by atoms with van der Waals surface area (Å²) in [5, 5.41) is 6.21. The van der Waals surface area contributed by atoms with E-state index in [0.29, 0.717) is 18.7 Å². The number of piperidine rings is 1. The van der Waals surface area contributed by atoms with Crippen molar-refractivity contribution in [3.8, 4) is 0 Å². The van der Waals surface area contributed by atoms with Gasteiger partial charge in [-0.1, -0.05) is 12.1 Å². The third-order valence-corrected chi connectivity index (χ3v) is 3.64. The molecule has 0 atom stereocenters. The first-order chi connectivity index (χ1) is 10.2. The lowest BCUT2D eigenvalue weighted by Crippen LogP contribution is -2.37. The Hall–Kier alpha value is -1.59. The molecule has 0 aliphatic carbocycles. The number of nitrogens with one attached hydrogen (secondary N) is 2. The molecule has 2 rings (SSSR count). The highest BCUT2D eigenvalue weighted by molar-refractivity contribution is 5.89. The van der Waals surface area contributed by atoms with Crippen LogP contribution in [0.15, 0.2) is 24.3 Å². The van der Waals surface area contributed by atoms with Crippen LogP contribution in [0.1, 0.15) is 35.7 Å². The first kappa shape index (κ1) is 18.5. The van der Waals surface area contributed by atoms with Crippen molar-refractivity contribution in [2.24, 2.45) is 5.92 Å². The molecule has 22 heavy (non-hydrogen) atoms. The number of carbonyl (C=O) groups is 2. The van der Waals surface area contributed by atoms with E-state index in [9.17, 15) is 9.59 Å². The minimum Gasteiger partial charge on any atom is -0.462 e. The van der Waals surface area contributed by atoms with Gasteiger partial charge in [-0.15, -0.1) is 12.4 Å². The molecule has 1 aromatic carbocycles. The number of benzene rings is 1. The van der Waals surface area contributed by atoms with E-state index >= 15 is 0 Å². The maximum atomic E-state index is 12.0. The second-order valence-electron chi connectivity index (χ2n) is 5.16. The van der Waals surface area contributed by atoms with Crippen molar-refractivity contribution in [1.29, 1.82) is 0 Å². The number of ether oxygens (including phenoxy) is 1. The van der Waals surface area contributed by atoms with E-state index in [4.69, 9.17) is 4.74 Å². The molecule has 1 aliphatic heterocycles. The Morgan fingerprint density at radius 3 is 2.45 bits per heavy atom. The molecule has 0 spiro atoms. The Balaban J connectivity index is 0.00000242. The van der Waals surface area contributed by atoms with Crippen molar-refractivity contribution < 1.29 is 14.3 Å². The van der Waals surface area contributed by atoms with E-state index in [1.165, 1.54) is 0 Å². The predicted molar refractivity (Wildman–Crippen MR) is 87.1 cm³/mol. The van der Waals surface area contributed by atoms with Crippen LogP contribution in [0.4, 0.5) is 0 Å². The Morgan fingerprint density at radius 1 is 1.23 bits per heavy atom. The van der Waals surface area contributed by atoms with E-state index in [1.54, 1.807) is 19.1 Å². The van der Waals surface area contributed by atoms with E-state index < -0.39 is 0 Å². The number of rotatable bonds is 5. The highest BCUT2D eigenvalue weighted by Gasteiger charge is 2.20. The van der Waals surface area contributed by atoms with Crippen LogP contribution < -0.4 is 10.6 Å². The molecule has 0 unspecified atom stereocenters. The Morgan fingerprint density at radius 2 is 1.86 bits per heavy atom. The van der Waals surface area contributed by atoms with Crippen molar-refractivity contribution in [3.05, 3.63) is 35.4 Å². The molecule has 0 aromatic heterocycles. The van der Waals surface area contributed by atoms with Gasteiger partial charge in [-0.25, -0.2) is 4.79 Å². The average Bonchev–Trinajstić information content (AvgIpc) is 2.54. The fourth-order valence-corrected chi connectivity index (χ4v) is 2.39. The lowest BCUT2D eigenvalue weighted by Gasteiger charge is -2.21. The van der Waals surface area contributed by atoms with Crippen molar-refractivity contribution in [3.63, 3.8) is 0 Å². The highest BCUT2D eigenvalue weighted by atomic mass is 35.5. The zero-order valence-corrected chi connectivity index (χ0v) is 13.6. The molecule has 1 amide bonds. The molecule has 1 aliphatic rings. The van der Waals surface area contributed by atoms with Gasteiger partial charge in [0.1, 0.15) is 0 Å². The molecule has 1 saturated heterocycles. The van der Waals surface area contributed by atoms with Gasteiger partial charge in [0.25, 0.3) is 0 Å². The molecular formula is C16H23ClN2O3. The minimum atomic E-state index is -0.317. The maximum absolute atomic E-state index is 12.0. The minimum absolute atomic E-state index is 0. The molecule has 0 bridgehead atoms. The number of hydrogen-bond acceptors (Lipinski definition) is 4.